The molecule has 0 atom stereocenters. The van der Waals surface area contributed by atoms with Crippen molar-refractivity contribution >= 4 is 15.5 Å². The molecule has 1 fully saturated rings. The Morgan fingerprint density at radius 2 is 2.00 bits per heavy atom. The summed E-state index contributed by atoms with van der Waals surface area (Å²) < 4.78 is 29.6. The summed E-state index contributed by atoms with van der Waals surface area (Å²) >= 11 is 0. The van der Waals surface area contributed by atoms with Crippen LogP contribution >= 0.6 is 0 Å². The highest BCUT2D eigenvalue weighted by atomic mass is 32.2. The summed E-state index contributed by atoms with van der Waals surface area (Å²) in [6.07, 6.45) is 2.79. The molecule has 4 nitrogen and oxygen atoms in total. The summed E-state index contributed by atoms with van der Waals surface area (Å²) in [6.45, 7) is 1.88. The van der Waals surface area contributed by atoms with E-state index in [9.17, 15) is 8.42 Å². The van der Waals surface area contributed by atoms with Gasteiger partial charge in [-0.1, -0.05) is 19.1 Å². The first-order valence-corrected chi connectivity index (χ1v) is 8.33. The van der Waals surface area contributed by atoms with Crippen molar-refractivity contribution in [2.75, 3.05) is 18.2 Å². The molecule has 1 aliphatic carbocycles. The van der Waals surface area contributed by atoms with E-state index in [0.717, 1.165) is 18.5 Å². The van der Waals surface area contributed by atoms with E-state index in [1.807, 2.05) is 19.1 Å². The normalized spacial score (nSPS) is 22.8. The zero-order valence-corrected chi connectivity index (χ0v) is 12.2. The Hall–Kier alpha value is -1.07. The van der Waals surface area contributed by atoms with Gasteiger partial charge in [0.1, 0.15) is 0 Å². The Balaban J connectivity index is 2.13. The summed E-state index contributed by atoms with van der Waals surface area (Å²) in [6, 6.07) is 7.46. The lowest BCUT2D eigenvalue weighted by atomic mass is 9.89. The largest absolute Gasteiger partial charge is 0.381 e. The van der Waals surface area contributed by atoms with Gasteiger partial charge in [-0.05, 0) is 31.4 Å². The quantitative estimate of drug-likeness (QED) is 0.871. The van der Waals surface area contributed by atoms with Gasteiger partial charge in [0.2, 0.25) is 0 Å². The van der Waals surface area contributed by atoms with Gasteiger partial charge in [0.05, 0.1) is 22.4 Å². The maximum absolute atomic E-state index is 12.2. The number of rotatable bonds is 6. The molecule has 0 aliphatic heterocycles. The van der Waals surface area contributed by atoms with Gasteiger partial charge in [-0.3, -0.25) is 0 Å². The van der Waals surface area contributed by atoms with E-state index in [1.165, 1.54) is 0 Å². The highest BCUT2D eigenvalue weighted by molar-refractivity contribution is 7.91. The van der Waals surface area contributed by atoms with Crippen LogP contribution in [0, 0.1) is 0 Å². The monoisotopic (exact) mass is 283 g/mol. The molecule has 0 bridgehead atoms. The average Bonchev–Trinajstić information content (AvgIpc) is 2.33. The molecule has 5 heteroatoms. The van der Waals surface area contributed by atoms with E-state index in [1.54, 1.807) is 19.2 Å². The van der Waals surface area contributed by atoms with Crippen LogP contribution in [0.2, 0.25) is 0 Å². The van der Waals surface area contributed by atoms with Crippen LogP contribution in [0.5, 0.6) is 0 Å². The molecule has 1 aliphatic rings. The van der Waals surface area contributed by atoms with Gasteiger partial charge in [-0.15, -0.1) is 0 Å². The molecule has 1 aromatic carbocycles. The second-order valence-corrected chi connectivity index (χ2v) is 7.06. The third-order valence-electron chi connectivity index (χ3n) is 3.48. The number of benzene rings is 1. The summed E-state index contributed by atoms with van der Waals surface area (Å²) in [5.41, 5.74) is 0.718. The Labute approximate surface area is 115 Å². The van der Waals surface area contributed by atoms with Crippen LogP contribution in [0.15, 0.2) is 29.2 Å². The molecule has 1 aromatic rings. The molecule has 0 radical (unpaired) electrons. The highest BCUT2D eigenvalue weighted by Crippen LogP contribution is 2.29. The van der Waals surface area contributed by atoms with Crippen molar-refractivity contribution < 1.29 is 13.2 Å². The molecule has 0 amide bonds. The van der Waals surface area contributed by atoms with Crippen LogP contribution in [0.3, 0.4) is 0 Å². The predicted octanol–water partition coefficient (Wildman–Crippen LogP) is 2.46. The van der Waals surface area contributed by atoms with Crippen LogP contribution in [0.1, 0.15) is 26.2 Å². The molecule has 2 rings (SSSR count). The first kappa shape index (κ1) is 14.3. The van der Waals surface area contributed by atoms with E-state index >= 15 is 0 Å². The smallest absolute Gasteiger partial charge is 0.180 e. The minimum Gasteiger partial charge on any atom is -0.381 e. The van der Waals surface area contributed by atoms with E-state index in [4.69, 9.17) is 4.74 Å². The molecule has 0 unspecified atom stereocenters. The fourth-order valence-electron chi connectivity index (χ4n) is 2.33. The fourth-order valence-corrected chi connectivity index (χ4v) is 3.84. The third-order valence-corrected chi connectivity index (χ3v) is 5.45. The molecular weight excluding hydrogens is 262 g/mol. The molecule has 0 saturated heterocycles. The Morgan fingerprint density at radius 1 is 1.32 bits per heavy atom. The van der Waals surface area contributed by atoms with Gasteiger partial charge in [-0.2, -0.15) is 0 Å². The van der Waals surface area contributed by atoms with Crippen molar-refractivity contribution in [3.8, 4) is 0 Å². The third kappa shape index (κ3) is 3.28. The van der Waals surface area contributed by atoms with E-state index in [0.29, 0.717) is 23.5 Å². The number of anilines is 1. The van der Waals surface area contributed by atoms with Crippen LogP contribution in [-0.2, 0) is 14.6 Å². The number of para-hydroxylation sites is 1. The predicted molar refractivity (Wildman–Crippen MR) is 76.2 cm³/mol. The molecular formula is C14H21NO3S. The average molecular weight is 283 g/mol. The van der Waals surface area contributed by atoms with Gasteiger partial charge in [-0.25, -0.2) is 8.42 Å². The lowest BCUT2D eigenvalue weighted by Gasteiger charge is -2.35. The van der Waals surface area contributed by atoms with Crippen molar-refractivity contribution in [2.45, 2.75) is 43.2 Å². The van der Waals surface area contributed by atoms with Crippen molar-refractivity contribution in [1.82, 2.24) is 0 Å². The fraction of sp³-hybridized carbons (Fsp3) is 0.571. The van der Waals surface area contributed by atoms with Crippen molar-refractivity contribution in [1.29, 1.82) is 0 Å². The van der Waals surface area contributed by atoms with E-state index < -0.39 is 9.84 Å². The zero-order valence-electron chi connectivity index (χ0n) is 11.4. The summed E-state index contributed by atoms with van der Waals surface area (Å²) in [4.78, 5) is 0.415. The first-order chi connectivity index (χ1) is 9.06. The molecule has 0 spiro atoms. The molecule has 1 N–H and O–H groups in total. The van der Waals surface area contributed by atoms with Crippen LogP contribution in [-0.4, -0.2) is 33.4 Å². The maximum Gasteiger partial charge on any atom is 0.180 e. The molecule has 1 saturated carbocycles. The first-order valence-electron chi connectivity index (χ1n) is 6.68. The number of nitrogens with one attached hydrogen (secondary N) is 1. The van der Waals surface area contributed by atoms with Crippen molar-refractivity contribution in [2.24, 2.45) is 0 Å². The topological polar surface area (TPSA) is 55.4 Å². The zero-order chi connectivity index (χ0) is 13.9. The lowest BCUT2D eigenvalue weighted by molar-refractivity contribution is 0.0328. The van der Waals surface area contributed by atoms with E-state index in [-0.39, 0.29) is 5.75 Å². The van der Waals surface area contributed by atoms with Gasteiger partial charge in [0.25, 0.3) is 0 Å². The number of hydrogen-bond acceptors (Lipinski definition) is 4. The summed E-state index contributed by atoms with van der Waals surface area (Å²) in [7, 11) is -1.47. The molecule has 19 heavy (non-hydrogen) atoms. The minimum atomic E-state index is -3.18. The van der Waals surface area contributed by atoms with Crippen molar-refractivity contribution in [3.63, 3.8) is 0 Å². The lowest BCUT2D eigenvalue weighted by Crippen LogP contribution is -2.40. The van der Waals surface area contributed by atoms with Crippen LogP contribution < -0.4 is 5.32 Å². The SMILES string of the molecule is CCCS(=O)(=O)c1ccccc1NC1CC(OC)C1. The highest BCUT2D eigenvalue weighted by Gasteiger charge is 2.30. The second kappa shape index (κ2) is 5.92. The number of methoxy groups -OCH3 is 1. The van der Waals surface area contributed by atoms with Gasteiger partial charge in [0.15, 0.2) is 9.84 Å². The van der Waals surface area contributed by atoms with Gasteiger partial charge < -0.3 is 10.1 Å². The molecule has 0 aromatic heterocycles. The molecule has 0 heterocycles. The second-order valence-electron chi connectivity index (χ2n) is 4.99. The maximum atomic E-state index is 12.2. The summed E-state index contributed by atoms with van der Waals surface area (Å²) in [5, 5.41) is 3.32. The number of sulfone groups is 1. The standard InChI is InChI=1S/C14H21NO3S/c1-3-8-19(16,17)14-7-5-4-6-13(14)15-11-9-12(10-11)18-2/h4-7,11-12,15H,3,8-10H2,1-2H3. The van der Waals surface area contributed by atoms with E-state index in [2.05, 4.69) is 5.32 Å². The Morgan fingerprint density at radius 3 is 2.63 bits per heavy atom. The Kier molecular flexibility index (Phi) is 4.47. The molecule has 106 valence electrons. The van der Waals surface area contributed by atoms with Gasteiger partial charge in [0, 0.05) is 13.2 Å². The van der Waals surface area contributed by atoms with Gasteiger partial charge >= 0.3 is 0 Å². The Bertz CT molecular complexity index is 521. The summed E-state index contributed by atoms with van der Waals surface area (Å²) in [5.74, 6) is 0.192. The van der Waals surface area contributed by atoms with Crippen LogP contribution in [0.4, 0.5) is 5.69 Å². The number of ether oxygens (including phenoxy) is 1. The van der Waals surface area contributed by atoms with Crippen LogP contribution in [0.25, 0.3) is 0 Å². The number of hydrogen-bond donors (Lipinski definition) is 1. The minimum absolute atomic E-state index is 0.192. The van der Waals surface area contributed by atoms with Crippen molar-refractivity contribution in [3.05, 3.63) is 24.3 Å².